The predicted molar refractivity (Wildman–Crippen MR) is 124 cm³/mol. The molecule has 152 valence electrons. The van der Waals surface area contributed by atoms with E-state index in [1.165, 1.54) is 0 Å². The Kier molecular flexibility index (Phi) is 5.90. The normalized spacial score (nSPS) is 11.0. The summed E-state index contributed by atoms with van der Waals surface area (Å²) in [5.41, 5.74) is 5.25. The third-order valence-electron chi connectivity index (χ3n) is 4.94. The Morgan fingerprint density at radius 3 is 2.48 bits per heavy atom. The van der Waals surface area contributed by atoms with Gasteiger partial charge in [0.15, 0.2) is 0 Å². The number of hydrogen-bond donors (Lipinski definition) is 1. The number of pyridine rings is 1. The summed E-state index contributed by atoms with van der Waals surface area (Å²) in [5, 5.41) is 10.0. The lowest BCUT2D eigenvalue weighted by Crippen LogP contribution is -1.98. The molecule has 4 aromatic rings. The number of carboxylic acids is 1. The van der Waals surface area contributed by atoms with Gasteiger partial charge in [0.2, 0.25) is 0 Å². The van der Waals surface area contributed by atoms with Crippen LogP contribution in [0.1, 0.15) is 22.4 Å². The minimum Gasteiger partial charge on any atom is -0.487 e. The van der Waals surface area contributed by atoms with Crippen LogP contribution in [0.25, 0.3) is 22.6 Å². The number of nitrogens with zero attached hydrogens (tertiary/aromatic N) is 1. The van der Waals surface area contributed by atoms with Crippen molar-refractivity contribution in [1.29, 1.82) is 0 Å². The van der Waals surface area contributed by atoms with Gasteiger partial charge in [-0.05, 0) is 52.6 Å². The smallest absolute Gasteiger partial charge is 0.328 e. The Morgan fingerprint density at radius 1 is 0.935 bits per heavy atom. The van der Waals surface area contributed by atoms with Crippen molar-refractivity contribution in [2.75, 3.05) is 0 Å². The zero-order chi connectivity index (χ0) is 21.6. The predicted octanol–water partition coefficient (Wildman–Crippen LogP) is 5.97. The fourth-order valence-electron chi connectivity index (χ4n) is 3.33. The second-order valence-electron chi connectivity index (χ2n) is 7.05. The lowest BCUT2D eigenvalue weighted by molar-refractivity contribution is -0.131. The van der Waals surface area contributed by atoms with E-state index in [0.29, 0.717) is 6.61 Å². The topological polar surface area (TPSA) is 59.4 Å². The standard InChI is InChI=1S/C27H21NO3/c1-19(25-8-4-2-6-21(25)13-17-27(29)30)20-11-15-24(16-12-20)31-18-23-14-10-22-7-3-5-9-26(22)28-23/h2-17H,1,18H2,(H,29,30). The van der Waals surface area contributed by atoms with Crippen LogP contribution in [0, 0.1) is 0 Å². The molecule has 3 aromatic carbocycles. The first-order chi connectivity index (χ1) is 15.1. The van der Waals surface area contributed by atoms with Gasteiger partial charge in [0.05, 0.1) is 11.2 Å². The number of fused-ring (bicyclic) bond motifs is 1. The zero-order valence-corrected chi connectivity index (χ0v) is 16.9. The average Bonchev–Trinajstić information content (AvgIpc) is 2.81. The maximum atomic E-state index is 10.9. The second-order valence-corrected chi connectivity index (χ2v) is 7.05. The van der Waals surface area contributed by atoms with Crippen LogP contribution in [0.2, 0.25) is 0 Å². The number of aliphatic carboxylic acids is 1. The number of carboxylic acid groups (broad SMARTS) is 1. The molecule has 0 spiro atoms. The first-order valence-electron chi connectivity index (χ1n) is 9.87. The third-order valence-corrected chi connectivity index (χ3v) is 4.94. The lowest BCUT2D eigenvalue weighted by atomic mass is 9.95. The van der Waals surface area contributed by atoms with Crippen LogP contribution in [-0.4, -0.2) is 16.1 Å². The summed E-state index contributed by atoms with van der Waals surface area (Å²) in [7, 11) is 0. The highest BCUT2D eigenvalue weighted by Gasteiger charge is 2.07. The van der Waals surface area contributed by atoms with Crippen LogP contribution < -0.4 is 4.74 Å². The summed E-state index contributed by atoms with van der Waals surface area (Å²) in [5.74, 6) is -0.242. The molecule has 31 heavy (non-hydrogen) atoms. The molecule has 1 N–H and O–H groups in total. The molecule has 0 aliphatic heterocycles. The van der Waals surface area contributed by atoms with Gasteiger partial charge < -0.3 is 9.84 Å². The van der Waals surface area contributed by atoms with Crippen molar-refractivity contribution in [3.63, 3.8) is 0 Å². The SMILES string of the molecule is C=C(c1ccc(OCc2ccc3ccccc3n2)cc1)c1ccccc1C=CC(=O)O. The van der Waals surface area contributed by atoms with E-state index in [9.17, 15) is 4.79 Å². The molecular formula is C27H21NO3. The number of benzene rings is 3. The van der Waals surface area contributed by atoms with Gasteiger partial charge in [0.1, 0.15) is 12.4 Å². The van der Waals surface area contributed by atoms with E-state index in [1.807, 2.05) is 84.9 Å². The molecule has 0 atom stereocenters. The summed E-state index contributed by atoms with van der Waals surface area (Å²) >= 11 is 0. The molecule has 1 aromatic heterocycles. The number of hydrogen-bond acceptors (Lipinski definition) is 3. The van der Waals surface area contributed by atoms with Gasteiger partial charge in [0, 0.05) is 11.5 Å². The van der Waals surface area contributed by atoms with Gasteiger partial charge in [-0.1, -0.05) is 67.2 Å². The molecule has 4 rings (SSSR count). The Bertz CT molecular complexity index is 1270. The van der Waals surface area contributed by atoms with Crippen LogP contribution >= 0.6 is 0 Å². The summed E-state index contributed by atoms with van der Waals surface area (Å²) in [6, 6.07) is 27.3. The molecule has 0 unspecified atom stereocenters. The van der Waals surface area contributed by atoms with Gasteiger partial charge in [-0.3, -0.25) is 0 Å². The van der Waals surface area contributed by atoms with E-state index >= 15 is 0 Å². The van der Waals surface area contributed by atoms with Gasteiger partial charge in [-0.25, -0.2) is 9.78 Å². The zero-order valence-electron chi connectivity index (χ0n) is 16.9. The molecule has 0 bridgehead atoms. The first kappa shape index (κ1) is 20.1. The molecule has 0 saturated heterocycles. The molecule has 0 fully saturated rings. The summed E-state index contributed by atoms with van der Waals surface area (Å²) in [4.78, 5) is 15.5. The molecule has 1 heterocycles. The molecule has 0 aliphatic rings. The molecule has 0 saturated carbocycles. The van der Waals surface area contributed by atoms with Crippen LogP contribution in [0.4, 0.5) is 0 Å². The van der Waals surface area contributed by atoms with Crippen LogP contribution in [0.5, 0.6) is 5.75 Å². The summed E-state index contributed by atoms with van der Waals surface area (Å²) < 4.78 is 5.90. The summed E-state index contributed by atoms with van der Waals surface area (Å²) in [6.45, 7) is 4.59. The monoisotopic (exact) mass is 407 g/mol. The van der Waals surface area contributed by atoms with E-state index in [0.717, 1.165) is 50.7 Å². The van der Waals surface area contributed by atoms with Gasteiger partial charge in [0.25, 0.3) is 0 Å². The maximum Gasteiger partial charge on any atom is 0.328 e. The number of ether oxygens (including phenoxy) is 1. The van der Waals surface area contributed by atoms with Crippen molar-refractivity contribution >= 4 is 28.5 Å². The number of aromatic nitrogens is 1. The Morgan fingerprint density at radius 2 is 1.68 bits per heavy atom. The molecule has 4 nitrogen and oxygen atoms in total. The van der Waals surface area contributed by atoms with Crippen LogP contribution in [-0.2, 0) is 11.4 Å². The van der Waals surface area contributed by atoms with Crippen molar-refractivity contribution < 1.29 is 14.6 Å². The molecule has 0 radical (unpaired) electrons. The highest BCUT2D eigenvalue weighted by Crippen LogP contribution is 2.27. The minimum atomic E-state index is -0.983. The number of rotatable bonds is 7. The van der Waals surface area contributed by atoms with E-state index in [2.05, 4.69) is 11.6 Å². The van der Waals surface area contributed by atoms with E-state index < -0.39 is 5.97 Å². The fourth-order valence-corrected chi connectivity index (χ4v) is 3.33. The molecule has 0 amide bonds. The van der Waals surface area contributed by atoms with Crippen molar-refractivity contribution in [3.8, 4) is 5.75 Å². The number of para-hydroxylation sites is 1. The first-order valence-corrected chi connectivity index (χ1v) is 9.87. The van der Waals surface area contributed by atoms with Crippen LogP contribution in [0.3, 0.4) is 0 Å². The lowest BCUT2D eigenvalue weighted by Gasteiger charge is -2.11. The van der Waals surface area contributed by atoms with Crippen molar-refractivity contribution in [3.05, 3.63) is 120 Å². The fraction of sp³-hybridized carbons (Fsp3) is 0.0370. The minimum absolute atomic E-state index is 0.383. The second kappa shape index (κ2) is 9.09. The van der Waals surface area contributed by atoms with Crippen molar-refractivity contribution in [2.24, 2.45) is 0 Å². The Balaban J connectivity index is 1.46. The highest BCUT2D eigenvalue weighted by molar-refractivity contribution is 5.89. The van der Waals surface area contributed by atoms with Crippen LogP contribution in [0.15, 0.2) is 97.6 Å². The maximum absolute atomic E-state index is 10.9. The van der Waals surface area contributed by atoms with Gasteiger partial charge >= 0.3 is 5.97 Å². The Labute approximate surface area is 180 Å². The molecule has 0 aliphatic carbocycles. The van der Waals surface area contributed by atoms with Gasteiger partial charge in [-0.15, -0.1) is 0 Å². The highest BCUT2D eigenvalue weighted by atomic mass is 16.5. The van der Waals surface area contributed by atoms with E-state index in [1.54, 1.807) is 6.08 Å². The third kappa shape index (κ3) is 4.87. The van der Waals surface area contributed by atoms with Gasteiger partial charge in [-0.2, -0.15) is 0 Å². The largest absolute Gasteiger partial charge is 0.487 e. The molecule has 4 heteroatoms. The summed E-state index contributed by atoms with van der Waals surface area (Å²) in [6.07, 6.45) is 2.71. The van der Waals surface area contributed by atoms with E-state index in [-0.39, 0.29) is 0 Å². The average molecular weight is 407 g/mol. The van der Waals surface area contributed by atoms with E-state index in [4.69, 9.17) is 9.84 Å². The number of carbonyl (C=O) groups is 1. The quantitative estimate of drug-likeness (QED) is 0.383. The van der Waals surface area contributed by atoms with Crippen molar-refractivity contribution in [1.82, 2.24) is 4.98 Å². The Hall–Kier alpha value is -4.18. The molecular weight excluding hydrogens is 386 g/mol. The van der Waals surface area contributed by atoms with Crippen molar-refractivity contribution in [2.45, 2.75) is 6.61 Å².